The molecule has 2 aromatic carbocycles. The molecule has 45 heavy (non-hydrogen) atoms. The molecule has 3 fully saturated rings. The van der Waals surface area contributed by atoms with Crippen molar-refractivity contribution < 1.29 is 23.5 Å². The molecule has 0 aliphatic carbocycles. The Hall–Kier alpha value is -4.17. The third-order valence-corrected chi connectivity index (χ3v) is 8.45. The number of anilines is 3. The van der Waals surface area contributed by atoms with Gasteiger partial charge in [-0.05, 0) is 55.5 Å². The summed E-state index contributed by atoms with van der Waals surface area (Å²) in [6, 6.07) is 10.5. The van der Waals surface area contributed by atoms with E-state index in [-0.39, 0.29) is 23.6 Å². The first-order chi connectivity index (χ1) is 21.9. The molecule has 0 radical (unpaired) electrons. The Balaban J connectivity index is 1.33. The molecule has 12 nitrogen and oxygen atoms in total. The van der Waals surface area contributed by atoms with Crippen molar-refractivity contribution in [3.05, 3.63) is 72.3 Å². The minimum atomic E-state index is -0.333. The minimum Gasteiger partial charge on any atom is -0.494 e. The van der Waals surface area contributed by atoms with E-state index in [1.54, 1.807) is 19.2 Å². The van der Waals surface area contributed by atoms with E-state index in [2.05, 4.69) is 32.4 Å². The Morgan fingerprint density at radius 3 is 2.58 bits per heavy atom. The number of hydrogen-bond donors (Lipinski definition) is 5. The van der Waals surface area contributed by atoms with Crippen LogP contribution in [0, 0.1) is 11.2 Å². The van der Waals surface area contributed by atoms with Crippen LogP contribution in [-0.4, -0.2) is 86.9 Å². The molecule has 3 heterocycles. The number of hydroxylamine groups is 2. The highest BCUT2D eigenvalue weighted by Crippen LogP contribution is 2.39. The molecule has 0 bridgehead atoms. The molecule has 0 saturated carbocycles. The van der Waals surface area contributed by atoms with Crippen molar-refractivity contribution >= 4 is 28.8 Å². The standard InChI is InChI=1S/C32H43FN8O4/c1-3-32(42)37-26-19-27(29(43-2)20-28(26)40-10-7-24(8-11-40)39-12-15-44-16-13-39)36-31(38-35)21-30(34)41-25(9-14-45-41)18-22-5-4-6-23(33)17-22/h3-6,17,19-21,24-25,34,36,38H,1,7-16,18,35H2,2H3,(H,37,42)/b31-21-,34-30?/t25-/m1/s1. The molecule has 0 spiro atoms. The first-order valence-corrected chi connectivity index (χ1v) is 15.3. The van der Waals surface area contributed by atoms with E-state index in [0.717, 1.165) is 63.5 Å². The zero-order valence-corrected chi connectivity index (χ0v) is 25.7. The zero-order chi connectivity index (χ0) is 31.8. The van der Waals surface area contributed by atoms with E-state index in [0.29, 0.717) is 48.4 Å². The van der Waals surface area contributed by atoms with Gasteiger partial charge in [-0.1, -0.05) is 18.7 Å². The molecule has 3 aliphatic heterocycles. The fourth-order valence-corrected chi connectivity index (χ4v) is 6.15. The number of ether oxygens (including phenoxy) is 2. The number of amidine groups is 1. The predicted octanol–water partition coefficient (Wildman–Crippen LogP) is 3.20. The Bertz CT molecular complexity index is 1390. The van der Waals surface area contributed by atoms with E-state index in [1.165, 1.54) is 29.3 Å². The van der Waals surface area contributed by atoms with Crippen molar-refractivity contribution in [3.8, 4) is 5.75 Å². The summed E-state index contributed by atoms with van der Waals surface area (Å²) in [6.07, 6.45) is 5.96. The second-order valence-corrected chi connectivity index (χ2v) is 11.3. The van der Waals surface area contributed by atoms with E-state index >= 15 is 0 Å². The molecule has 3 saturated heterocycles. The number of rotatable bonds is 11. The third kappa shape index (κ3) is 8.11. The van der Waals surface area contributed by atoms with Gasteiger partial charge in [0.15, 0.2) is 0 Å². The van der Waals surface area contributed by atoms with Gasteiger partial charge in [0.2, 0.25) is 5.91 Å². The summed E-state index contributed by atoms with van der Waals surface area (Å²) in [5.41, 5.74) is 5.40. The Kier molecular flexibility index (Phi) is 10.9. The second kappa shape index (κ2) is 15.2. The number of benzene rings is 2. The molecule has 242 valence electrons. The van der Waals surface area contributed by atoms with Crippen LogP contribution >= 0.6 is 0 Å². The summed E-state index contributed by atoms with van der Waals surface area (Å²) >= 11 is 0. The van der Waals surface area contributed by atoms with Crippen LogP contribution in [0.3, 0.4) is 0 Å². The van der Waals surface area contributed by atoms with E-state index in [1.807, 2.05) is 12.1 Å². The van der Waals surface area contributed by atoms with Gasteiger partial charge >= 0.3 is 0 Å². The molecular formula is C32H43FN8O4. The number of methoxy groups -OCH3 is 1. The molecule has 0 aromatic heterocycles. The van der Waals surface area contributed by atoms with Crippen molar-refractivity contribution in [3.63, 3.8) is 0 Å². The number of nitrogens with two attached hydrogens (primary N) is 1. The molecular weight excluding hydrogens is 579 g/mol. The Labute approximate surface area is 263 Å². The fraction of sp³-hybridized carbons (Fsp3) is 0.438. The van der Waals surface area contributed by atoms with Crippen molar-refractivity contribution in [2.75, 3.05) is 68.6 Å². The smallest absolute Gasteiger partial charge is 0.247 e. The van der Waals surface area contributed by atoms with Crippen molar-refractivity contribution in [2.45, 2.75) is 37.8 Å². The Morgan fingerprint density at radius 2 is 1.89 bits per heavy atom. The van der Waals surface area contributed by atoms with Crippen molar-refractivity contribution in [1.29, 1.82) is 5.41 Å². The van der Waals surface area contributed by atoms with Gasteiger partial charge < -0.3 is 30.4 Å². The lowest BCUT2D eigenvalue weighted by atomic mass is 10.0. The number of hydrogen-bond acceptors (Lipinski definition) is 10. The van der Waals surface area contributed by atoms with Gasteiger partial charge in [-0.15, -0.1) is 0 Å². The van der Waals surface area contributed by atoms with Crippen LogP contribution in [0.5, 0.6) is 5.75 Å². The lowest BCUT2D eigenvalue weighted by Gasteiger charge is -2.41. The van der Waals surface area contributed by atoms with Crippen molar-refractivity contribution in [2.24, 2.45) is 5.84 Å². The molecule has 6 N–H and O–H groups in total. The van der Waals surface area contributed by atoms with Gasteiger partial charge in [-0.2, -0.15) is 0 Å². The molecule has 3 aliphatic rings. The van der Waals surface area contributed by atoms with Crippen LogP contribution in [-0.2, 0) is 20.8 Å². The summed E-state index contributed by atoms with van der Waals surface area (Å²) in [5, 5.41) is 16.4. The maximum atomic E-state index is 13.7. The number of nitrogens with one attached hydrogen (secondary N) is 4. The predicted molar refractivity (Wildman–Crippen MR) is 173 cm³/mol. The lowest BCUT2D eigenvalue weighted by molar-refractivity contribution is -0.111. The summed E-state index contributed by atoms with van der Waals surface area (Å²) in [4.78, 5) is 23.0. The topological polar surface area (TPSA) is 140 Å². The van der Waals surface area contributed by atoms with Crippen LogP contribution in [0.4, 0.5) is 21.5 Å². The number of hydrazine groups is 1. The molecule has 1 atom stereocenters. The highest BCUT2D eigenvalue weighted by Gasteiger charge is 2.29. The van der Waals surface area contributed by atoms with Gasteiger partial charge in [0.05, 0.1) is 50.0 Å². The molecule has 5 rings (SSSR count). The Morgan fingerprint density at radius 1 is 1.11 bits per heavy atom. The number of piperidine rings is 1. The van der Waals surface area contributed by atoms with Gasteiger partial charge in [0, 0.05) is 44.4 Å². The lowest BCUT2D eigenvalue weighted by Crippen LogP contribution is -2.49. The van der Waals surface area contributed by atoms with Crippen LogP contribution in [0.2, 0.25) is 0 Å². The van der Waals surface area contributed by atoms with E-state index in [4.69, 9.17) is 25.6 Å². The van der Waals surface area contributed by atoms with Crippen molar-refractivity contribution in [1.82, 2.24) is 15.4 Å². The number of amides is 1. The average molecular weight is 623 g/mol. The third-order valence-electron chi connectivity index (χ3n) is 8.45. The maximum Gasteiger partial charge on any atom is 0.247 e. The van der Waals surface area contributed by atoms with Gasteiger partial charge in [0.1, 0.15) is 23.2 Å². The minimum absolute atomic E-state index is 0.0632. The largest absolute Gasteiger partial charge is 0.494 e. The first kappa shape index (κ1) is 32.2. The second-order valence-electron chi connectivity index (χ2n) is 11.3. The van der Waals surface area contributed by atoms with Gasteiger partial charge in [0.25, 0.3) is 0 Å². The molecule has 1 amide bonds. The fourth-order valence-electron chi connectivity index (χ4n) is 6.15. The first-order valence-electron chi connectivity index (χ1n) is 15.3. The number of carbonyl (C=O) groups excluding carboxylic acids is 1. The monoisotopic (exact) mass is 622 g/mol. The van der Waals surface area contributed by atoms with Gasteiger partial charge in [-0.25, -0.2) is 15.3 Å². The summed E-state index contributed by atoms with van der Waals surface area (Å²) < 4.78 is 25.0. The summed E-state index contributed by atoms with van der Waals surface area (Å²) in [5.74, 6) is 6.14. The number of morpholine rings is 1. The highest BCUT2D eigenvalue weighted by molar-refractivity contribution is 6.02. The number of carbonyl (C=O) groups is 1. The summed E-state index contributed by atoms with van der Waals surface area (Å²) in [6.45, 7) is 9.18. The van der Waals surface area contributed by atoms with Crippen LogP contribution < -0.4 is 31.5 Å². The molecule has 2 aromatic rings. The van der Waals surface area contributed by atoms with Crippen LogP contribution in [0.1, 0.15) is 24.8 Å². The highest BCUT2D eigenvalue weighted by atomic mass is 19.1. The zero-order valence-electron chi connectivity index (χ0n) is 25.7. The normalized spacial score (nSPS) is 19.7. The van der Waals surface area contributed by atoms with Gasteiger partial charge in [-0.3, -0.25) is 19.9 Å². The van der Waals surface area contributed by atoms with Crippen LogP contribution in [0.25, 0.3) is 0 Å². The molecule has 0 unspecified atom stereocenters. The quantitative estimate of drug-likeness (QED) is 0.0835. The average Bonchev–Trinajstić information content (AvgIpc) is 3.53. The number of halogens is 1. The maximum absolute atomic E-state index is 13.7. The molecule has 13 heteroatoms. The number of nitrogens with zero attached hydrogens (tertiary/aromatic N) is 3. The van der Waals surface area contributed by atoms with E-state index in [9.17, 15) is 9.18 Å². The van der Waals surface area contributed by atoms with Crippen LogP contribution in [0.15, 0.2) is 61.0 Å². The SMILES string of the molecule is C=CC(=O)Nc1cc(N/C(=C/C(=N)N2OCC[C@@H]2Cc2cccc(F)c2)NN)c(OC)cc1N1CCC(N2CCOCC2)CC1. The van der Waals surface area contributed by atoms with E-state index < -0.39 is 0 Å². The summed E-state index contributed by atoms with van der Waals surface area (Å²) in [7, 11) is 1.58.